The molecule has 0 aliphatic rings. The largest absolute Gasteiger partial charge is 0.445 e. The Morgan fingerprint density at radius 3 is 2.39 bits per heavy atom. The molecule has 0 spiro atoms. The fraction of sp³-hybridized carbons (Fsp3) is 0.281. The molecule has 0 unspecified atom stereocenters. The van der Waals surface area contributed by atoms with Crippen LogP contribution in [0.3, 0.4) is 0 Å². The predicted octanol–water partition coefficient (Wildman–Crippen LogP) is 5.55. The maximum Gasteiger partial charge on any atom is 0.408 e. The molecule has 0 aliphatic heterocycles. The number of benzene rings is 3. The zero-order valence-electron chi connectivity index (χ0n) is 23.9. The van der Waals surface area contributed by atoms with Crippen molar-refractivity contribution in [1.82, 2.24) is 20.8 Å². The average Bonchev–Trinajstić information content (AvgIpc) is 3.50. The minimum atomic E-state index is -0.898. The second kappa shape index (κ2) is 16.6. The molecule has 1 aromatic heterocycles. The van der Waals surface area contributed by atoms with E-state index in [0.717, 1.165) is 16.7 Å². The summed E-state index contributed by atoms with van der Waals surface area (Å²) in [6, 6.07) is 20.7. The number of halogens is 2. The number of Topliss-reactive ketones (excluding diaryl/α,β-unsaturated/α-hetero) is 1. The molecule has 4 rings (SSSR count). The van der Waals surface area contributed by atoms with Crippen molar-refractivity contribution in [3.05, 3.63) is 117 Å². The van der Waals surface area contributed by atoms with Crippen LogP contribution in [-0.4, -0.2) is 47.1 Å². The minimum Gasteiger partial charge on any atom is -0.445 e. The number of hydrogen-bond donors (Lipinski definition) is 3. The maximum absolute atomic E-state index is 13.2. The topological polar surface area (TPSA) is 149 Å². The normalized spacial score (nSPS) is 11.5. The van der Waals surface area contributed by atoms with Crippen molar-refractivity contribution in [3.63, 3.8) is 0 Å². The van der Waals surface area contributed by atoms with Crippen LogP contribution in [0.25, 0.3) is 0 Å². The molecule has 0 saturated carbocycles. The summed E-state index contributed by atoms with van der Waals surface area (Å²) in [5.74, 6) is -0.613. The highest BCUT2D eigenvalue weighted by Crippen LogP contribution is 2.22. The van der Waals surface area contributed by atoms with Crippen LogP contribution in [0.4, 0.5) is 4.79 Å². The first-order valence-electron chi connectivity index (χ1n) is 14.2. The van der Waals surface area contributed by atoms with Crippen LogP contribution in [0.15, 0.2) is 77.3 Å². The average molecular weight is 639 g/mol. The van der Waals surface area contributed by atoms with E-state index in [-0.39, 0.29) is 30.7 Å². The molecular weight excluding hydrogens is 605 g/mol. The zero-order valence-corrected chi connectivity index (χ0v) is 25.4. The molecule has 10 nitrogen and oxygen atoms in total. The summed E-state index contributed by atoms with van der Waals surface area (Å²) >= 11 is 12.0. The van der Waals surface area contributed by atoms with Gasteiger partial charge in [-0.15, -0.1) is 0 Å². The van der Waals surface area contributed by atoms with Gasteiger partial charge in [0.25, 0.3) is 5.91 Å². The number of hydrogen-bond acceptors (Lipinski definition) is 8. The number of ketones is 1. The van der Waals surface area contributed by atoms with Crippen molar-refractivity contribution in [3.8, 4) is 0 Å². The first-order valence-corrected chi connectivity index (χ1v) is 14.9. The van der Waals surface area contributed by atoms with Crippen LogP contribution < -0.4 is 16.4 Å². The number of alkyl carbamates (subject to hydrolysis) is 1. The van der Waals surface area contributed by atoms with Crippen LogP contribution >= 0.6 is 23.2 Å². The lowest BCUT2D eigenvalue weighted by atomic mass is 10.0. The van der Waals surface area contributed by atoms with E-state index >= 15 is 0 Å². The summed E-state index contributed by atoms with van der Waals surface area (Å²) in [6.07, 6.45) is 1.79. The summed E-state index contributed by atoms with van der Waals surface area (Å²) in [5, 5.41) is 10.3. The van der Waals surface area contributed by atoms with Gasteiger partial charge in [-0.1, -0.05) is 76.9 Å². The first kappa shape index (κ1) is 32.7. The third-order valence-electron chi connectivity index (χ3n) is 6.71. The number of amides is 2. The number of carbonyl (C=O) groups excluding carboxylic acids is 3. The van der Waals surface area contributed by atoms with E-state index < -0.39 is 17.9 Å². The van der Waals surface area contributed by atoms with Gasteiger partial charge in [0.05, 0.1) is 22.5 Å². The van der Waals surface area contributed by atoms with Gasteiger partial charge in [-0.25, -0.2) is 4.79 Å². The molecular formula is C32H33Cl2N5O5. The number of carbonyl (C=O) groups is 3. The van der Waals surface area contributed by atoms with E-state index in [9.17, 15) is 14.4 Å². The van der Waals surface area contributed by atoms with E-state index in [0.29, 0.717) is 54.4 Å². The zero-order chi connectivity index (χ0) is 31.3. The van der Waals surface area contributed by atoms with Gasteiger partial charge in [-0.2, -0.15) is 4.98 Å². The van der Waals surface area contributed by atoms with Crippen LogP contribution in [0, 0.1) is 0 Å². The Morgan fingerprint density at radius 1 is 0.909 bits per heavy atom. The van der Waals surface area contributed by atoms with Crippen molar-refractivity contribution in [2.75, 3.05) is 13.1 Å². The highest BCUT2D eigenvalue weighted by Gasteiger charge is 2.27. The Kier molecular flexibility index (Phi) is 12.3. The van der Waals surface area contributed by atoms with Gasteiger partial charge in [0, 0.05) is 12.1 Å². The lowest BCUT2D eigenvalue weighted by Gasteiger charge is -2.16. The number of unbranched alkanes of at least 4 members (excludes halogenated alkanes) is 1. The summed E-state index contributed by atoms with van der Waals surface area (Å²) < 4.78 is 10.6. The number of aromatic nitrogens is 2. The van der Waals surface area contributed by atoms with Gasteiger partial charge in [0.2, 0.25) is 17.5 Å². The molecule has 0 fully saturated rings. The third-order valence-corrected chi connectivity index (χ3v) is 7.45. The number of nitrogens with one attached hydrogen (secondary N) is 2. The molecule has 0 saturated heterocycles. The molecule has 0 radical (unpaired) electrons. The second-order valence-corrected chi connectivity index (χ2v) is 10.9. The molecule has 44 heavy (non-hydrogen) atoms. The first-order chi connectivity index (χ1) is 21.3. The number of nitrogens with two attached hydrogens (primary N) is 1. The third kappa shape index (κ3) is 9.90. The number of rotatable bonds is 15. The molecule has 2 amide bonds. The van der Waals surface area contributed by atoms with E-state index in [4.69, 9.17) is 38.2 Å². The minimum absolute atomic E-state index is 0.0714. The van der Waals surface area contributed by atoms with E-state index in [1.807, 2.05) is 36.4 Å². The van der Waals surface area contributed by atoms with Crippen molar-refractivity contribution in [1.29, 1.82) is 0 Å². The smallest absolute Gasteiger partial charge is 0.408 e. The van der Waals surface area contributed by atoms with Gasteiger partial charge in [0.1, 0.15) is 6.61 Å². The monoisotopic (exact) mass is 637 g/mol. The lowest BCUT2D eigenvalue weighted by molar-refractivity contribution is 0.0896. The van der Waals surface area contributed by atoms with Crippen LogP contribution in [-0.2, 0) is 24.2 Å². The van der Waals surface area contributed by atoms with Crippen LogP contribution in [0.1, 0.15) is 62.8 Å². The van der Waals surface area contributed by atoms with Crippen molar-refractivity contribution in [2.24, 2.45) is 5.73 Å². The molecule has 0 bridgehead atoms. The van der Waals surface area contributed by atoms with Crippen LogP contribution in [0.2, 0.25) is 10.0 Å². The predicted molar refractivity (Wildman–Crippen MR) is 167 cm³/mol. The Balaban J connectivity index is 1.29. The molecule has 0 aliphatic carbocycles. The summed E-state index contributed by atoms with van der Waals surface area (Å²) in [5.41, 5.74) is 8.70. The van der Waals surface area contributed by atoms with Gasteiger partial charge < -0.3 is 25.6 Å². The highest BCUT2D eigenvalue weighted by atomic mass is 35.5. The number of ether oxygens (including phenoxy) is 1. The standard InChI is InChI=1S/C32H33Cl2N5O5/c33-25-14-11-22(18-26(25)34)15-17-36-31(41)24-12-9-21(10-13-24)19-28-38-30(39-44-28)29(40)27(8-4-5-16-35)37-32(42)43-20-23-6-2-1-3-7-23/h1-3,6-7,9-14,18,27H,4-5,8,15-17,19-20,35H2,(H,36,41)(H,37,42)/t27-/m0/s1. The van der Waals surface area contributed by atoms with E-state index in [1.54, 1.807) is 36.4 Å². The molecule has 12 heteroatoms. The number of nitrogens with zero attached hydrogens (tertiary/aromatic N) is 2. The Labute approximate surface area is 265 Å². The Bertz CT molecular complexity index is 1550. The Hall–Kier alpha value is -4.25. The molecule has 4 N–H and O–H groups in total. The lowest BCUT2D eigenvalue weighted by Crippen LogP contribution is -2.41. The quantitative estimate of drug-likeness (QED) is 0.113. The maximum atomic E-state index is 13.2. The summed E-state index contributed by atoms with van der Waals surface area (Å²) in [7, 11) is 0. The molecule has 1 atom stereocenters. The van der Waals surface area contributed by atoms with E-state index in [1.165, 1.54) is 0 Å². The molecule has 4 aromatic rings. The summed E-state index contributed by atoms with van der Waals surface area (Å²) in [6.45, 7) is 0.969. The van der Waals surface area contributed by atoms with Crippen molar-refractivity contribution in [2.45, 2.75) is 44.8 Å². The van der Waals surface area contributed by atoms with Gasteiger partial charge in [0.15, 0.2) is 0 Å². The van der Waals surface area contributed by atoms with Crippen molar-refractivity contribution >= 4 is 41.0 Å². The van der Waals surface area contributed by atoms with Gasteiger partial charge in [-0.3, -0.25) is 9.59 Å². The Morgan fingerprint density at radius 2 is 1.66 bits per heavy atom. The highest BCUT2D eigenvalue weighted by molar-refractivity contribution is 6.42. The molecule has 230 valence electrons. The van der Waals surface area contributed by atoms with Gasteiger partial charge >= 0.3 is 6.09 Å². The van der Waals surface area contributed by atoms with Crippen molar-refractivity contribution < 1.29 is 23.6 Å². The fourth-order valence-electron chi connectivity index (χ4n) is 4.32. The second-order valence-electron chi connectivity index (χ2n) is 10.0. The fourth-order valence-corrected chi connectivity index (χ4v) is 4.64. The van der Waals surface area contributed by atoms with E-state index in [2.05, 4.69) is 20.8 Å². The molecule has 1 heterocycles. The SMILES string of the molecule is NCCCC[C@H](NC(=O)OCc1ccccc1)C(=O)c1noc(Cc2ccc(C(=O)NCCc3ccc(Cl)c(Cl)c3)cc2)n1. The summed E-state index contributed by atoms with van der Waals surface area (Å²) in [4.78, 5) is 42.5. The van der Waals surface area contributed by atoms with Crippen LogP contribution in [0.5, 0.6) is 0 Å². The van der Waals surface area contributed by atoms with Gasteiger partial charge in [-0.05, 0) is 73.2 Å². The molecule has 3 aromatic carbocycles.